The van der Waals surface area contributed by atoms with Crippen molar-refractivity contribution in [3.05, 3.63) is 0 Å². The summed E-state index contributed by atoms with van der Waals surface area (Å²) in [4.78, 5) is 2.64. The van der Waals surface area contributed by atoms with Crippen LogP contribution in [0.4, 0.5) is 0 Å². The first-order valence-corrected chi connectivity index (χ1v) is 7.35. The maximum absolute atomic E-state index is 3.64. The fourth-order valence-electron chi connectivity index (χ4n) is 2.03. The molecule has 1 rings (SSSR count). The number of nitrogens with zero attached hydrogens (tertiary/aromatic N) is 1. The van der Waals surface area contributed by atoms with Crippen LogP contribution in [0.15, 0.2) is 0 Å². The second-order valence-corrected chi connectivity index (χ2v) is 6.19. The average Bonchev–Trinajstić information content (AvgIpc) is 2.20. The molecule has 0 spiro atoms. The van der Waals surface area contributed by atoms with Crippen molar-refractivity contribution in [1.82, 2.24) is 10.2 Å². The Bertz CT molecular complexity index is 173. The molecule has 1 aliphatic rings. The van der Waals surface area contributed by atoms with Crippen LogP contribution in [0.25, 0.3) is 0 Å². The molecule has 15 heavy (non-hydrogen) atoms. The van der Waals surface area contributed by atoms with E-state index < -0.39 is 0 Å². The lowest BCUT2D eigenvalue weighted by Gasteiger charge is -2.40. The molecule has 1 heterocycles. The van der Waals surface area contributed by atoms with Gasteiger partial charge in [-0.15, -0.1) is 0 Å². The van der Waals surface area contributed by atoms with Gasteiger partial charge in [-0.1, -0.05) is 20.8 Å². The average molecular weight is 230 g/mol. The highest BCUT2D eigenvalue weighted by atomic mass is 32.2. The Hall–Kier alpha value is 0.270. The monoisotopic (exact) mass is 230 g/mol. The molecule has 0 bridgehead atoms. The predicted molar refractivity (Wildman–Crippen MR) is 70.7 cm³/mol. The van der Waals surface area contributed by atoms with Gasteiger partial charge in [0.1, 0.15) is 0 Å². The Morgan fingerprint density at radius 3 is 2.80 bits per heavy atom. The smallest absolute Gasteiger partial charge is 0.0218 e. The molecule has 1 aliphatic heterocycles. The number of rotatable bonds is 5. The first kappa shape index (κ1) is 13.3. The molecule has 2 unspecified atom stereocenters. The SMILES string of the molecule is CCSCCN1CC(C(C)C)NCC1C. The third kappa shape index (κ3) is 4.33. The zero-order valence-corrected chi connectivity index (χ0v) is 11.4. The fourth-order valence-corrected chi connectivity index (χ4v) is 2.68. The zero-order chi connectivity index (χ0) is 11.3. The number of hydrogen-bond donors (Lipinski definition) is 1. The Morgan fingerprint density at radius 1 is 1.47 bits per heavy atom. The highest BCUT2D eigenvalue weighted by Gasteiger charge is 2.25. The van der Waals surface area contributed by atoms with Crippen molar-refractivity contribution in [2.75, 3.05) is 31.1 Å². The van der Waals surface area contributed by atoms with Crippen LogP contribution in [0.2, 0.25) is 0 Å². The predicted octanol–water partition coefficient (Wildman–Crippen LogP) is 2.06. The molecule has 0 amide bonds. The van der Waals surface area contributed by atoms with Crippen LogP contribution in [-0.4, -0.2) is 48.1 Å². The van der Waals surface area contributed by atoms with Crippen molar-refractivity contribution in [2.24, 2.45) is 5.92 Å². The van der Waals surface area contributed by atoms with Gasteiger partial charge in [-0.05, 0) is 18.6 Å². The van der Waals surface area contributed by atoms with Crippen LogP contribution < -0.4 is 5.32 Å². The molecule has 0 saturated carbocycles. The number of nitrogens with one attached hydrogen (secondary N) is 1. The molecule has 90 valence electrons. The van der Waals surface area contributed by atoms with Gasteiger partial charge in [0.25, 0.3) is 0 Å². The van der Waals surface area contributed by atoms with Gasteiger partial charge in [0.2, 0.25) is 0 Å². The summed E-state index contributed by atoms with van der Waals surface area (Å²) in [6.45, 7) is 12.8. The Kier molecular flexibility index (Phi) is 6.02. The maximum Gasteiger partial charge on any atom is 0.0218 e. The normalized spacial score (nSPS) is 28.6. The summed E-state index contributed by atoms with van der Waals surface area (Å²) in [6, 6.07) is 1.39. The summed E-state index contributed by atoms with van der Waals surface area (Å²) < 4.78 is 0. The Balaban J connectivity index is 2.32. The van der Waals surface area contributed by atoms with Gasteiger partial charge < -0.3 is 5.32 Å². The molecule has 0 radical (unpaired) electrons. The lowest BCUT2D eigenvalue weighted by atomic mass is 10.00. The molecule has 0 aromatic carbocycles. The molecule has 1 N–H and O–H groups in total. The van der Waals surface area contributed by atoms with Gasteiger partial charge in [0, 0.05) is 37.5 Å². The van der Waals surface area contributed by atoms with Gasteiger partial charge in [-0.3, -0.25) is 4.90 Å². The first-order chi connectivity index (χ1) is 7.15. The van der Waals surface area contributed by atoms with E-state index in [0.29, 0.717) is 12.1 Å². The van der Waals surface area contributed by atoms with E-state index in [0.717, 1.165) is 12.5 Å². The highest BCUT2D eigenvalue weighted by molar-refractivity contribution is 7.99. The van der Waals surface area contributed by atoms with Crippen LogP contribution >= 0.6 is 11.8 Å². The molecule has 1 saturated heterocycles. The highest BCUT2D eigenvalue weighted by Crippen LogP contribution is 2.13. The minimum atomic E-state index is 0.688. The number of hydrogen-bond acceptors (Lipinski definition) is 3. The van der Waals surface area contributed by atoms with E-state index in [9.17, 15) is 0 Å². The molecule has 2 atom stereocenters. The number of thioether (sulfide) groups is 1. The van der Waals surface area contributed by atoms with Crippen LogP contribution in [-0.2, 0) is 0 Å². The maximum atomic E-state index is 3.64. The Morgan fingerprint density at radius 2 is 2.20 bits per heavy atom. The quantitative estimate of drug-likeness (QED) is 0.728. The van der Waals surface area contributed by atoms with Crippen molar-refractivity contribution in [3.8, 4) is 0 Å². The first-order valence-electron chi connectivity index (χ1n) is 6.20. The van der Waals surface area contributed by atoms with Crippen molar-refractivity contribution in [1.29, 1.82) is 0 Å². The standard InChI is InChI=1S/C12H26N2S/c1-5-15-7-6-14-9-12(10(2)3)13-8-11(14)4/h10-13H,5-9H2,1-4H3. The van der Waals surface area contributed by atoms with E-state index in [2.05, 4.69) is 49.7 Å². The molecule has 0 aromatic heterocycles. The summed E-state index contributed by atoms with van der Waals surface area (Å²) in [5.74, 6) is 3.28. The lowest BCUT2D eigenvalue weighted by molar-refractivity contribution is 0.131. The van der Waals surface area contributed by atoms with Gasteiger partial charge in [0.05, 0.1) is 0 Å². The van der Waals surface area contributed by atoms with Crippen molar-refractivity contribution < 1.29 is 0 Å². The second kappa shape index (κ2) is 6.77. The Labute approximate surface area is 99.2 Å². The third-order valence-electron chi connectivity index (χ3n) is 3.26. The molecule has 0 aliphatic carbocycles. The van der Waals surface area contributed by atoms with Crippen molar-refractivity contribution in [2.45, 2.75) is 39.8 Å². The van der Waals surface area contributed by atoms with Crippen LogP contribution in [0.5, 0.6) is 0 Å². The molecule has 0 aromatic rings. The van der Waals surface area contributed by atoms with Gasteiger partial charge in [-0.2, -0.15) is 11.8 Å². The van der Waals surface area contributed by atoms with Gasteiger partial charge in [-0.25, -0.2) is 0 Å². The summed E-state index contributed by atoms with van der Waals surface area (Å²) >= 11 is 2.05. The minimum absolute atomic E-state index is 0.688. The van der Waals surface area contributed by atoms with E-state index in [1.54, 1.807) is 0 Å². The minimum Gasteiger partial charge on any atom is -0.311 e. The summed E-state index contributed by atoms with van der Waals surface area (Å²) in [7, 11) is 0. The van der Waals surface area contributed by atoms with E-state index in [4.69, 9.17) is 0 Å². The summed E-state index contributed by atoms with van der Waals surface area (Å²) in [6.07, 6.45) is 0. The topological polar surface area (TPSA) is 15.3 Å². The summed E-state index contributed by atoms with van der Waals surface area (Å²) in [5.41, 5.74) is 0. The largest absolute Gasteiger partial charge is 0.311 e. The van der Waals surface area contributed by atoms with Crippen LogP contribution in [0.1, 0.15) is 27.7 Å². The van der Waals surface area contributed by atoms with Crippen molar-refractivity contribution in [3.63, 3.8) is 0 Å². The third-order valence-corrected chi connectivity index (χ3v) is 4.14. The van der Waals surface area contributed by atoms with Crippen molar-refractivity contribution >= 4 is 11.8 Å². The molecule has 2 nitrogen and oxygen atoms in total. The van der Waals surface area contributed by atoms with E-state index in [1.807, 2.05) is 0 Å². The van der Waals surface area contributed by atoms with Crippen LogP contribution in [0, 0.1) is 5.92 Å². The molecule has 1 fully saturated rings. The van der Waals surface area contributed by atoms with E-state index in [-0.39, 0.29) is 0 Å². The summed E-state index contributed by atoms with van der Waals surface area (Å²) in [5, 5.41) is 3.64. The lowest BCUT2D eigenvalue weighted by Crippen LogP contribution is -2.57. The van der Waals surface area contributed by atoms with Crippen LogP contribution in [0.3, 0.4) is 0 Å². The van der Waals surface area contributed by atoms with E-state index >= 15 is 0 Å². The van der Waals surface area contributed by atoms with Gasteiger partial charge >= 0.3 is 0 Å². The molecular formula is C12H26N2S. The molecule has 3 heteroatoms. The molecular weight excluding hydrogens is 204 g/mol. The fraction of sp³-hybridized carbons (Fsp3) is 1.00. The van der Waals surface area contributed by atoms with E-state index in [1.165, 1.54) is 24.6 Å². The second-order valence-electron chi connectivity index (χ2n) is 4.80. The number of piperazine rings is 1. The van der Waals surface area contributed by atoms with Gasteiger partial charge in [0.15, 0.2) is 0 Å². The zero-order valence-electron chi connectivity index (χ0n) is 10.6.